The van der Waals surface area contributed by atoms with E-state index in [0.29, 0.717) is 23.0 Å². The normalized spacial score (nSPS) is 14.8. The molecule has 0 aliphatic carbocycles. The Morgan fingerprint density at radius 2 is 2.00 bits per heavy atom. The van der Waals surface area contributed by atoms with Gasteiger partial charge in [-0.05, 0) is 44.1 Å². The average molecular weight is 360 g/mol. The summed E-state index contributed by atoms with van der Waals surface area (Å²) < 4.78 is 6.02. The van der Waals surface area contributed by atoms with Crippen LogP contribution < -0.4 is 16.6 Å². The van der Waals surface area contributed by atoms with Crippen LogP contribution in [-0.2, 0) is 11.3 Å². The van der Waals surface area contributed by atoms with Gasteiger partial charge in [0.15, 0.2) is 0 Å². The molecule has 1 aliphatic rings. The molecule has 1 aromatic carbocycles. The fourth-order valence-corrected chi connectivity index (χ4v) is 3.22. The van der Waals surface area contributed by atoms with Crippen molar-refractivity contribution in [3.05, 3.63) is 44.6 Å². The van der Waals surface area contributed by atoms with Crippen LogP contribution in [0.1, 0.15) is 23.2 Å². The summed E-state index contributed by atoms with van der Waals surface area (Å²) >= 11 is 0. The highest BCUT2D eigenvalue weighted by molar-refractivity contribution is 5.97. The Morgan fingerprint density at radius 1 is 1.23 bits per heavy atom. The highest BCUT2D eigenvalue weighted by Crippen LogP contribution is 2.10. The van der Waals surface area contributed by atoms with Gasteiger partial charge in [0.2, 0.25) is 0 Å². The number of carbonyl (C=O) groups excluding carboxylic acids is 1. The van der Waals surface area contributed by atoms with Crippen molar-refractivity contribution in [2.45, 2.75) is 19.4 Å². The van der Waals surface area contributed by atoms with Gasteiger partial charge in [-0.3, -0.25) is 14.2 Å². The summed E-state index contributed by atoms with van der Waals surface area (Å²) in [5.74, 6) is -0.212. The molecule has 1 saturated heterocycles. The zero-order valence-corrected chi connectivity index (χ0v) is 14.9. The molecule has 0 spiro atoms. The predicted octanol–water partition coefficient (Wildman–Crippen LogP) is 0.162. The minimum absolute atomic E-state index is 0.180. The van der Waals surface area contributed by atoms with Crippen LogP contribution in [0.25, 0.3) is 10.9 Å². The molecule has 0 unspecified atom stereocenters. The van der Waals surface area contributed by atoms with Gasteiger partial charge >= 0.3 is 5.69 Å². The van der Waals surface area contributed by atoms with E-state index in [1.165, 1.54) is 20.0 Å². The second-order valence-electron chi connectivity index (χ2n) is 6.44. The van der Waals surface area contributed by atoms with Crippen LogP contribution in [0.4, 0.5) is 0 Å². The van der Waals surface area contributed by atoms with E-state index in [9.17, 15) is 14.4 Å². The van der Waals surface area contributed by atoms with E-state index in [1.54, 1.807) is 18.2 Å². The van der Waals surface area contributed by atoms with Gasteiger partial charge in [0.25, 0.3) is 11.5 Å². The molecular weight excluding hydrogens is 336 g/mol. The van der Waals surface area contributed by atoms with Crippen molar-refractivity contribution in [1.82, 2.24) is 19.8 Å². The Morgan fingerprint density at radius 3 is 2.73 bits per heavy atom. The molecular formula is C18H24N4O4. The number of aromatic nitrogens is 2. The van der Waals surface area contributed by atoms with Crippen LogP contribution in [0.5, 0.6) is 0 Å². The fourth-order valence-electron chi connectivity index (χ4n) is 3.22. The van der Waals surface area contributed by atoms with Crippen molar-refractivity contribution < 1.29 is 9.53 Å². The van der Waals surface area contributed by atoms with Crippen LogP contribution in [0.3, 0.4) is 0 Å². The molecule has 1 aromatic heterocycles. The zero-order valence-electron chi connectivity index (χ0n) is 14.9. The number of fused-ring (bicyclic) bond motifs is 1. The summed E-state index contributed by atoms with van der Waals surface area (Å²) in [6.07, 6.45) is 2.43. The molecule has 1 aliphatic heterocycles. The lowest BCUT2D eigenvalue weighted by molar-refractivity contribution is 0.0950. The van der Waals surface area contributed by atoms with E-state index in [0.717, 1.165) is 24.2 Å². The number of nitrogens with zero attached hydrogens (tertiary/aromatic N) is 2. The molecule has 3 rings (SSSR count). The summed E-state index contributed by atoms with van der Waals surface area (Å²) in [5, 5.41) is 3.26. The number of H-pyrrole nitrogens is 1. The smallest absolute Gasteiger partial charge is 0.328 e. The van der Waals surface area contributed by atoms with Crippen LogP contribution in [0.15, 0.2) is 27.8 Å². The number of aromatic amines is 1. The number of hydrogen-bond donors (Lipinski definition) is 2. The number of benzene rings is 1. The summed E-state index contributed by atoms with van der Waals surface area (Å²) in [7, 11) is 1.51. The third-order valence-corrected chi connectivity index (χ3v) is 4.68. The Bertz CT molecular complexity index is 896. The lowest BCUT2D eigenvalue weighted by atomic mass is 10.1. The molecule has 26 heavy (non-hydrogen) atoms. The highest BCUT2D eigenvalue weighted by Gasteiger charge is 2.13. The number of amides is 1. The quantitative estimate of drug-likeness (QED) is 0.733. The fraction of sp³-hybridized carbons (Fsp3) is 0.500. The first kappa shape index (κ1) is 18.3. The molecule has 0 bridgehead atoms. The molecule has 140 valence electrons. The number of nitrogens with one attached hydrogen (secondary N) is 2. The van der Waals surface area contributed by atoms with E-state index in [2.05, 4.69) is 15.2 Å². The van der Waals surface area contributed by atoms with Crippen molar-refractivity contribution in [2.24, 2.45) is 0 Å². The SMILES string of the molecule is COCCn1c(=O)[nH]c2cc(C(=O)NCCN3CCCC3)ccc2c1=O. The standard InChI is InChI=1S/C18H24N4O4/c1-26-11-10-22-17(24)14-5-4-13(12-15(14)20-18(22)25)16(23)19-6-9-21-7-2-3-8-21/h4-5,12H,2-3,6-11H2,1H3,(H,19,23)(H,20,25). The number of hydrogen-bond acceptors (Lipinski definition) is 5. The van der Waals surface area contributed by atoms with Crippen LogP contribution in [0.2, 0.25) is 0 Å². The monoisotopic (exact) mass is 360 g/mol. The van der Waals surface area contributed by atoms with Crippen molar-refractivity contribution in [1.29, 1.82) is 0 Å². The van der Waals surface area contributed by atoms with Gasteiger partial charge in [0.05, 0.1) is 24.1 Å². The van der Waals surface area contributed by atoms with Gasteiger partial charge in [-0.1, -0.05) is 0 Å². The summed E-state index contributed by atoms with van der Waals surface area (Å²) in [6, 6.07) is 4.73. The van der Waals surface area contributed by atoms with Gasteiger partial charge in [0.1, 0.15) is 0 Å². The lowest BCUT2D eigenvalue weighted by Gasteiger charge is -2.14. The number of methoxy groups -OCH3 is 1. The number of carbonyl (C=O) groups is 1. The first-order valence-corrected chi connectivity index (χ1v) is 8.86. The first-order chi connectivity index (χ1) is 12.6. The molecule has 2 aromatic rings. The molecule has 8 heteroatoms. The van der Waals surface area contributed by atoms with E-state index in [4.69, 9.17) is 4.74 Å². The topological polar surface area (TPSA) is 96.4 Å². The molecule has 8 nitrogen and oxygen atoms in total. The summed E-state index contributed by atoms with van der Waals surface area (Å²) in [6.45, 7) is 4.03. The van der Waals surface area contributed by atoms with Crippen molar-refractivity contribution >= 4 is 16.8 Å². The molecule has 0 atom stereocenters. The van der Waals surface area contributed by atoms with E-state index in [1.807, 2.05) is 0 Å². The average Bonchev–Trinajstić information content (AvgIpc) is 3.14. The van der Waals surface area contributed by atoms with E-state index < -0.39 is 5.69 Å². The lowest BCUT2D eigenvalue weighted by Crippen LogP contribution is -2.36. The van der Waals surface area contributed by atoms with Crippen LogP contribution in [-0.4, -0.2) is 60.3 Å². The molecule has 1 amide bonds. The molecule has 1 fully saturated rings. The second-order valence-corrected chi connectivity index (χ2v) is 6.44. The maximum Gasteiger partial charge on any atom is 0.328 e. The van der Waals surface area contributed by atoms with Gasteiger partial charge in [0, 0.05) is 25.8 Å². The van der Waals surface area contributed by atoms with Gasteiger partial charge in [-0.25, -0.2) is 4.79 Å². The largest absolute Gasteiger partial charge is 0.383 e. The minimum Gasteiger partial charge on any atom is -0.383 e. The molecule has 0 radical (unpaired) electrons. The predicted molar refractivity (Wildman–Crippen MR) is 98.7 cm³/mol. The Kier molecular flexibility index (Phi) is 5.85. The Hall–Kier alpha value is -2.45. The summed E-state index contributed by atoms with van der Waals surface area (Å²) in [5.41, 5.74) is -0.114. The minimum atomic E-state index is -0.508. The maximum atomic E-state index is 12.4. The van der Waals surface area contributed by atoms with Gasteiger partial charge in [-0.15, -0.1) is 0 Å². The van der Waals surface area contributed by atoms with E-state index >= 15 is 0 Å². The Balaban J connectivity index is 1.74. The number of likely N-dealkylation sites (tertiary alicyclic amines) is 1. The van der Waals surface area contributed by atoms with Crippen molar-refractivity contribution in [3.8, 4) is 0 Å². The number of rotatable bonds is 7. The third kappa shape index (κ3) is 4.03. The van der Waals surface area contributed by atoms with Crippen molar-refractivity contribution in [2.75, 3.05) is 39.9 Å². The molecule has 2 heterocycles. The second kappa shape index (κ2) is 8.29. The van der Waals surface area contributed by atoms with Crippen LogP contribution in [0, 0.1) is 0 Å². The Labute approximate surface area is 150 Å². The first-order valence-electron chi connectivity index (χ1n) is 8.86. The van der Waals surface area contributed by atoms with Gasteiger partial charge in [-0.2, -0.15) is 0 Å². The third-order valence-electron chi connectivity index (χ3n) is 4.68. The maximum absolute atomic E-state index is 12.4. The molecule has 0 saturated carbocycles. The molecule has 2 N–H and O–H groups in total. The van der Waals surface area contributed by atoms with E-state index in [-0.39, 0.29) is 24.6 Å². The van der Waals surface area contributed by atoms with Crippen molar-refractivity contribution in [3.63, 3.8) is 0 Å². The number of ether oxygens (including phenoxy) is 1. The highest BCUT2D eigenvalue weighted by atomic mass is 16.5. The van der Waals surface area contributed by atoms with Gasteiger partial charge < -0.3 is 19.9 Å². The zero-order chi connectivity index (χ0) is 18.5. The summed E-state index contributed by atoms with van der Waals surface area (Å²) in [4.78, 5) is 41.8. The van der Waals surface area contributed by atoms with Crippen LogP contribution >= 0.6 is 0 Å².